The van der Waals surface area contributed by atoms with Crippen LogP contribution >= 0.6 is 0 Å². The summed E-state index contributed by atoms with van der Waals surface area (Å²) >= 11 is 0. The van der Waals surface area contributed by atoms with Crippen LogP contribution in [0.3, 0.4) is 0 Å². The van der Waals surface area contributed by atoms with E-state index in [-0.39, 0.29) is 48.2 Å². The van der Waals surface area contributed by atoms with Crippen molar-refractivity contribution in [3.8, 4) is 0 Å². The van der Waals surface area contributed by atoms with Gasteiger partial charge in [-0.2, -0.15) is 0 Å². The first kappa shape index (κ1) is 39.3. The minimum absolute atomic E-state index is 0.0257. The second-order valence-corrected chi connectivity index (χ2v) is 13.6. The third-order valence-electron chi connectivity index (χ3n) is 9.19. The Bertz CT molecular complexity index is 1360. The van der Waals surface area contributed by atoms with E-state index in [0.29, 0.717) is 58.3 Å². The SMILES string of the molecule is COC(=O)N(CCN)C1CCN(C(=O)[C@@H](C)CC(=O)[C@@H](CC(C)C)NC(=O)[C@H](CC(=O)[C@H](N)Cc2ccccc2)Cc2ccccc2)CC1. The molecule has 3 rings (SSSR count). The smallest absolute Gasteiger partial charge is 0.409 e. The van der Waals surface area contributed by atoms with Gasteiger partial charge in [-0.15, -0.1) is 0 Å². The number of nitrogens with one attached hydrogen (secondary N) is 1. The number of hydrogen-bond acceptors (Lipinski definition) is 8. The topological polar surface area (TPSA) is 165 Å². The van der Waals surface area contributed by atoms with E-state index in [2.05, 4.69) is 5.32 Å². The van der Waals surface area contributed by atoms with Crippen molar-refractivity contribution in [2.75, 3.05) is 33.3 Å². The Morgan fingerprint density at radius 2 is 1.45 bits per heavy atom. The van der Waals surface area contributed by atoms with Crippen LogP contribution in [0.25, 0.3) is 0 Å². The number of likely N-dealkylation sites (tertiary alicyclic amines) is 1. The predicted molar refractivity (Wildman–Crippen MR) is 189 cm³/mol. The molecule has 0 spiro atoms. The van der Waals surface area contributed by atoms with Crippen molar-refractivity contribution in [3.05, 3.63) is 71.8 Å². The summed E-state index contributed by atoms with van der Waals surface area (Å²) in [6.45, 7) is 7.27. The Labute approximate surface area is 291 Å². The number of ketones is 2. The maximum absolute atomic E-state index is 13.9. The van der Waals surface area contributed by atoms with E-state index in [1.54, 1.807) is 16.7 Å². The highest BCUT2D eigenvalue weighted by atomic mass is 16.5. The van der Waals surface area contributed by atoms with E-state index in [1.807, 2.05) is 74.5 Å². The molecule has 5 N–H and O–H groups in total. The van der Waals surface area contributed by atoms with Crippen molar-refractivity contribution in [2.24, 2.45) is 29.2 Å². The predicted octanol–water partition coefficient (Wildman–Crippen LogP) is 3.52. The Morgan fingerprint density at radius 1 is 0.878 bits per heavy atom. The lowest BCUT2D eigenvalue weighted by atomic mass is 9.88. The van der Waals surface area contributed by atoms with Gasteiger partial charge in [0.05, 0.1) is 19.2 Å². The first-order valence-corrected chi connectivity index (χ1v) is 17.5. The van der Waals surface area contributed by atoms with Gasteiger partial charge < -0.3 is 31.3 Å². The lowest BCUT2D eigenvalue weighted by Gasteiger charge is -2.38. The molecule has 1 saturated heterocycles. The third kappa shape index (κ3) is 12.4. The van der Waals surface area contributed by atoms with Gasteiger partial charge in [-0.1, -0.05) is 81.4 Å². The fourth-order valence-corrected chi connectivity index (χ4v) is 6.48. The fourth-order valence-electron chi connectivity index (χ4n) is 6.48. The third-order valence-corrected chi connectivity index (χ3v) is 9.19. The summed E-state index contributed by atoms with van der Waals surface area (Å²) in [4.78, 5) is 69.9. The standard InChI is InChI=1S/C38H55N5O6/c1-26(2)21-33(35(45)22-27(3)37(47)42-18-15-31(16-19-42)43(20-17-39)38(48)49-4)41-36(46)30(23-28-11-7-5-8-12-28)25-34(44)32(40)24-29-13-9-6-10-14-29/h5-14,26-27,30-33H,15-25,39-40H2,1-4H3,(H,41,46)/t27-,30-,32+,33+/m0/s1. The number of nitrogens with two attached hydrogens (primary N) is 2. The van der Waals surface area contributed by atoms with Crippen molar-refractivity contribution >= 4 is 29.5 Å². The molecule has 4 atom stereocenters. The number of methoxy groups -OCH3 is 1. The molecule has 0 aliphatic carbocycles. The van der Waals surface area contributed by atoms with Crippen molar-refractivity contribution < 1.29 is 28.7 Å². The molecular weight excluding hydrogens is 622 g/mol. The molecule has 1 heterocycles. The van der Waals surface area contributed by atoms with E-state index in [0.717, 1.165) is 11.1 Å². The second kappa shape index (κ2) is 19.8. The number of hydrogen-bond donors (Lipinski definition) is 3. The first-order valence-electron chi connectivity index (χ1n) is 17.5. The van der Waals surface area contributed by atoms with Crippen LogP contribution in [0, 0.1) is 17.8 Å². The highest BCUT2D eigenvalue weighted by molar-refractivity contribution is 5.94. The van der Waals surface area contributed by atoms with Crippen LogP contribution < -0.4 is 16.8 Å². The summed E-state index contributed by atoms with van der Waals surface area (Å²) in [6.07, 6.45) is 1.76. The van der Waals surface area contributed by atoms with Gasteiger partial charge in [-0.3, -0.25) is 19.2 Å². The van der Waals surface area contributed by atoms with Crippen molar-refractivity contribution in [1.29, 1.82) is 0 Å². The Hall–Kier alpha value is -4.09. The molecule has 2 aromatic carbocycles. The molecule has 3 amide bonds. The van der Waals surface area contributed by atoms with Gasteiger partial charge in [0.25, 0.3) is 0 Å². The van der Waals surface area contributed by atoms with Crippen molar-refractivity contribution in [2.45, 2.75) is 83.8 Å². The van der Waals surface area contributed by atoms with Gasteiger partial charge in [0.2, 0.25) is 11.8 Å². The van der Waals surface area contributed by atoms with Gasteiger partial charge in [-0.25, -0.2) is 4.79 Å². The number of piperidine rings is 1. The zero-order valence-corrected chi connectivity index (χ0v) is 29.5. The van der Waals surface area contributed by atoms with E-state index >= 15 is 0 Å². The van der Waals surface area contributed by atoms with Gasteiger partial charge in [0.15, 0.2) is 11.6 Å². The van der Waals surface area contributed by atoms with Crippen LogP contribution in [-0.4, -0.2) is 90.7 Å². The van der Waals surface area contributed by atoms with Crippen molar-refractivity contribution in [3.63, 3.8) is 0 Å². The highest BCUT2D eigenvalue weighted by Gasteiger charge is 2.34. The highest BCUT2D eigenvalue weighted by Crippen LogP contribution is 2.22. The van der Waals surface area contributed by atoms with Crippen molar-refractivity contribution in [1.82, 2.24) is 15.1 Å². The number of carbonyl (C=O) groups excluding carboxylic acids is 5. The molecule has 0 radical (unpaired) electrons. The number of amides is 3. The largest absolute Gasteiger partial charge is 0.453 e. The number of Topliss-reactive ketones (excluding diaryl/α,β-unsaturated/α-hetero) is 2. The summed E-state index contributed by atoms with van der Waals surface area (Å²) in [5.41, 5.74) is 13.8. The summed E-state index contributed by atoms with van der Waals surface area (Å²) < 4.78 is 4.91. The number of rotatable bonds is 18. The van der Waals surface area contributed by atoms with Crippen LogP contribution in [0.1, 0.15) is 64.0 Å². The van der Waals surface area contributed by atoms with Gasteiger partial charge in [-0.05, 0) is 49.1 Å². The minimum atomic E-state index is -0.801. The Balaban J connectivity index is 1.66. The molecule has 11 nitrogen and oxygen atoms in total. The average Bonchev–Trinajstić information content (AvgIpc) is 3.10. The van der Waals surface area contributed by atoms with E-state index in [9.17, 15) is 24.0 Å². The van der Waals surface area contributed by atoms with Gasteiger partial charge in [0.1, 0.15) is 0 Å². The van der Waals surface area contributed by atoms with Crippen LogP contribution in [0.5, 0.6) is 0 Å². The monoisotopic (exact) mass is 677 g/mol. The normalized spacial score (nSPS) is 15.9. The molecule has 268 valence electrons. The number of benzene rings is 2. The molecule has 0 saturated carbocycles. The van der Waals surface area contributed by atoms with Crippen LogP contribution in [0.15, 0.2) is 60.7 Å². The van der Waals surface area contributed by atoms with Crippen LogP contribution in [-0.2, 0) is 36.8 Å². The number of ether oxygens (including phenoxy) is 1. The van der Waals surface area contributed by atoms with E-state index in [4.69, 9.17) is 16.2 Å². The summed E-state index contributed by atoms with van der Waals surface area (Å²) in [7, 11) is 1.34. The molecule has 49 heavy (non-hydrogen) atoms. The molecule has 1 aliphatic rings. The summed E-state index contributed by atoms with van der Waals surface area (Å²) in [5.74, 6) is -2.16. The number of carbonyl (C=O) groups is 5. The summed E-state index contributed by atoms with van der Waals surface area (Å²) in [5, 5.41) is 2.97. The average molecular weight is 678 g/mol. The lowest BCUT2D eigenvalue weighted by Crippen LogP contribution is -2.51. The van der Waals surface area contributed by atoms with Crippen LogP contribution in [0.4, 0.5) is 4.79 Å². The van der Waals surface area contributed by atoms with Gasteiger partial charge in [0, 0.05) is 56.9 Å². The zero-order valence-electron chi connectivity index (χ0n) is 29.5. The molecular formula is C38H55N5O6. The Morgan fingerprint density at radius 3 is 1.98 bits per heavy atom. The molecule has 0 unspecified atom stereocenters. The van der Waals surface area contributed by atoms with E-state index in [1.165, 1.54) is 7.11 Å². The molecule has 2 aromatic rings. The maximum atomic E-state index is 13.9. The van der Waals surface area contributed by atoms with E-state index < -0.39 is 30.0 Å². The first-order chi connectivity index (χ1) is 23.4. The maximum Gasteiger partial charge on any atom is 0.409 e. The molecule has 1 aliphatic heterocycles. The quantitative estimate of drug-likeness (QED) is 0.216. The molecule has 0 bridgehead atoms. The zero-order chi connectivity index (χ0) is 35.9. The minimum Gasteiger partial charge on any atom is -0.453 e. The van der Waals surface area contributed by atoms with Crippen LogP contribution in [0.2, 0.25) is 0 Å². The molecule has 0 aromatic heterocycles. The molecule has 1 fully saturated rings. The lowest BCUT2D eigenvalue weighted by molar-refractivity contribution is -0.139. The number of nitrogens with zero attached hydrogens (tertiary/aromatic N) is 2. The molecule has 11 heteroatoms. The fraction of sp³-hybridized carbons (Fsp3) is 0.553. The summed E-state index contributed by atoms with van der Waals surface area (Å²) in [6, 6.07) is 17.4. The second-order valence-electron chi connectivity index (χ2n) is 13.6. The van der Waals surface area contributed by atoms with Gasteiger partial charge >= 0.3 is 6.09 Å². The Kier molecular flexibility index (Phi) is 15.9.